The first-order chi connectivity index (χ1) is 10.2. The van der Waals surface area contributed by atoms with E-state index in [1.165, 1.54) is 10.5 Å². The first-order valence-electron chi connectivity index (χ1n) is 7.03. The predicted molar refractivity (Wildman–Crippen MR) is 90.3 cm³/mol. The fourth-order valence-electron chi connectivity index (χ4n) is 2.63. The Bertz CT molecular complexity index is 670. The van der Waals surface area contributed by atoms with Crippen LogP contribution in [0.25, 0.3) is 5.57 Å². The van der Waals surface area contributed by atoms with Crippen molar-refractivity contribution < 1.29 is 5.11 Å². The molecule has 0 bridgehead atoms. The molecule has 0 saturated heterocycles. The molecule has 3 rings (SSSR count). The number of allylic oxidation sites excluding steroid dienone is 2. The van der Waals surface area contributed by atoms with Crippen molar-refractivity contribution in [1.82, 2.24) is 0 Å². The number of aliphatic hydroxyl groups is 1. The van der Waals surface area contributed by atoms with E-state index in [-0.39, 0.29) is 0 Å². The molecule has 1 aliphatic rings. The normalized spacial score (nSPS) is 21.1. The van der Waals surface area contributed by atoms with Gasteiger partial charge in [-0.15, -0.1) is 11.8 Å². The zero-order valence-corrected chi connectivity index (χ0v) is 12.8. The minimum absolute atomic E-state index is 0.855. The van der Waals surface area contributed by atoms with E-state index in [4.69, 9.17) is 0 Å². The Labute approximate surface area is 130 Å². The fourth-order valence-corrected chi connectivity index (χ4v) is 3.04. The van der Waals surface area contributed by atoms with Gasteiger partial charge in [-0.05, 0) is 53.7 Å². The zero-order chi connectivity index (χ0) is 14.7. The van der Waals surface area contributed by atoms with Crippen LogP contribution in [0.5, 0.6) is 0 Å². The lowest BCUT2D eigenvalue weighted by Crippen LogP contribution is -2.22. The molecule has 2 heteroatoms. The highest BCUT2D eigenvalue weighted by Gasteiger charge is 2.26. The van der Waals surface area contributed by atoms with Crippen LogP contribution in [0.2, 0.25) is 0 Å². The molecule has 0 aliphatic heterocycles. The molecule has 1 unspecified atom stereocenters. The van der Waals surface area contributed by atoms with Crippen molar-refractivity contribution in [2.24, 2.45) is 0 Å². The summed E-state index contributed by atoms with van der Waals surface area (Å²) >= 11 is 1.74. The van der Waals surface area contributed by atoms with Crippen molar-refractivity contribution in [3.05, 3.63) is 84.0 Å². The Morgan fingerprint density at radius 1 is 1.00 bits per heavy atom. The molecule has 0 heterocycles. The molecule has 0 radical (unpaired) electrons. The van der Waals surface area contributed by atoms with Crippen LogP contribution in [-0.2, 0) is 5.60 Å². The molecule has 1 nitrogen and oxygen atoms in total. The van der Waals surface area contributed by atoms with Gasteiger partial charge in [-0.3, -0.25) is 0 Å². The summed E-state index contributed by atoms with van der Waals surface area (Å²) in [4.78, 5) is 1.25. The quantitative estimate of drug-likeness (QED) is 0.657. The molecule has 0 fully saturated rings. The van der Waals surface area contributed by atoms with E-state index in [9.17, 15) is 5.11 Å². The van der Waals surface area contributed by atoms with Gasteiger partial charge in [-0.25, -0.2) is 0 Å². The van der Waals surface area contributed by atoms with Crippen molar-refractivity contribution in [3.8, 4) is 0 Å². The average Bonchev–Trinajstić information content (AvgIpc) is 2.56. The maximum atomic E-state index is 10.9. The Balaban J connectivity index is 1.96. The molecule has 0 saturated carbocycles. The van der Waals surface area contributed by atoms with Gasteiger partial charge in [0.2, 0.25) is 0 Å². The van der Waals surface area contributed by atoms with Crippen LogP contribution in [0.4, 0.5) is 0 Å². The third-order valence-electron chi connectivity index (χ3n) is 3.80. The van der Waals surface area contributed by atoms with Crippen molar-refractivity contribution in [3.63, 3.8) is 0 Å². The molecular formula is C19H18OS. The van der Waals surface area contributed by atoms with E-state index < -0.39 is 5.60 Å². The molecule has 1 aliphatic carbocycles. The van der Waals surface area contributed by atoms with E-state index in [0.717, 1.165) is 17.6 Å². The van der Waals surface area contributed by atoms with Crippen molar-refractivity contribution in [2.75, 3.05) is 6.26 Å². The standard InChI is InChI=1S/C19H18OS/c1-21-18-11-9-15(10-12-18)16-6-5-13-19(20,14-16)17-7-3-2-4-8-17/h2-5,7-14,20H,6H2,1H3. The monoisotopic (exact) mass is 294 g/mol. The number of hydrogen-bond donors (Lipinski definition) is 1. The molecule has 1 N–H and O–H groups in total. The summed E-state index contributed by atoms with van der Waals surface area (Å²) in [6.45, 7) is 0. The Morgan fingerprint density at radius 3 is 2.38 bits per heavy atom. The summed E-state index contributed by atoms with van der Waals surface area (Å²) in [6.07, 6.45) is 8.82. The summed E-state index contributed by atoms with van der Waals surface area (Å²) in [6, 6.07) is 18.3. The summed E-state index contributed by atoms with van der Waals surface area (Å²) in [7, 11) is 0. The molecular weight excluding hydrogens is 276 g/mol. The highest BCUT2D eigenvalue weighted by Crippen LogP contribution is 2.34. The lowest BCUT2D eigenvalue weighted by molar-refractivity contribution is 0.142. The van der Waals surface area contributed by atoms with Gasteiger partial charge >= 0.3 is 0 Å². The molecule has 0 spiro atoms. The second-order valence-electron chi connectivity index (χ2n) is 5.20. The number of benzene rings is 2. The van der Waals surface area contributed by atoms with Gasteiger partial charge < -0.3 is 5.11 Å². The van der Waals surface area contributed by atoms with E-state index in [2.05, 4.69) is 30.5 Å². The van der Waals surface area contributed by atoms with E-state index >= 15 is 0 Å². The van der Waals surface area contributed by atoms with Crippen molar-refractivity contribution >= 4 is 17.3 Å². The highest BCUT2D eigenvalue weighted by atomic mass is 32.2. The Morgan fingerprint density at radius 2 is 1.71 bits per heavy atom. The van der Waals surface area contributed by atoms with Gasteiger partial charge in [0.1, 0.15) is 5.60 Å². The molecule has 2 aromatic rings. The average molecular weight is 294 g/mol. The summed E-state index contributed by atoms with van der Waals surface area (Å²) in [5.41, 5.74) is 2.23. The second kappa shape index (κ2) is 5.92. The molecule has 0 aromatic heterocycles. The van der Waals surface area contributed by atoms with Crippen molar-refractivity contribution in [1.29, 1.82) is 0 Å². The molecule has 2 aromatic carbocycles. The van der Waals surface area contributed by atoms with E-state index in [1.54, 1.807) is 11.8 Å². The smallest absolute Gasteiger partial charge is 0.127 e. The summed E-state index contributed by atoms with van der Waals surface area (Å²) in [5.74, 6) is 0. The summed E-state index contributed by atoms with van der Waals surface area (Å²) in [5, 5.41) is 10.9. The highest BCUT2D eigenvalue weighted by molar-refractivity contribution is 7.98. The third kappa shape index (κ3) is 2.97. The SMILES string of the molecule is CSc1ccc(C2=CC(O)(c3ccccc3)C=CC2)cc1. The minimum Gasteiger partial charge on any atom is -0.377 e. The van der Waals surface area contributed by atoms with Crippen LogP contribution in [0.15, 0.2) is 77.7 Å². The van der Waals surface area contributed by atoms with Crippen LogP contribution in [0.3, 0.4) is 0 Å². The topological polar surface area (TPSA) is 20.2 Å². The Kier molecular flexibility index (Phi) is 4.00. The van der Waals surface area contributed by atoms with Crippen LogP contribution in [0, 0.1) is 0 Å². The van der Waals surface area contributed by atoms with Gasteiger partial charge in [0.05, 0.1) is 0 Å². The van der Waals surface area contributed by atoms with Crippen LogP contribution < -0.4 is 0 Å². The van der Waals surface area contributed by atoms with E-state index in [1.807, 2.05) is 48.6 Å². The van der Waals surface area contributed by atoms with E-state index in [0.29, 0.717) is 0 Å². The van der Waals surface area contributed by atoms with Crippen molar-refractivity contribution in [2.45, 2.75) is 16.9 Å². The lowest BCUT2D eigenvalue weighted by Gasteiger charge is -2.26. The largest absolute Gasteiger partial charge is 0.377 e. The molecule has 21 heavy (non-hydrogen) atoms. The Hall–Kier alpha value is -1.77. The van der Waals surface area contributed by atoms with Gasteiger partial charge in [-0.1, -0.05) is 48.5 Å². The summed E-state index contributed by atoms with van der Waals surface area (Å²) < 4.78 is 0. The maximum absolute atomic E-state index is 10.9. The van der Waals surface area contributed by atoms with Crippen LogP contribution >= 0.6 is 11.8 Å². The fraction of sp³-hybridized carbons (Fsp3) is 0.158. The lowest BCUT2D eigenvalue weighted by atomic mass is 9.84. The number of rotatable bonds is 3. The first kappa shape index (κ1) is 14.2. The maximum Gasteiger partial charge on any atom is 0.127 e. The molecule has 106 valence electrons. The molecule has 1 atom stereocenters. The van der Waals surface area contributed by atoms with Gasteiger partial charge in [-0.2, -0.15) is 0 Å². The number of thioether (sulfide) groups is 1. The van der Waals surface area contributed by atoms with Crippen LogP contribution in [-0.4, -0.2) is 11.4 Å². The predicted octanol–water partition coefficient (Wildman–Crippen LogP) is 4.64. The third-order valence-corrected chi connectivity index (χ3v) is 4.54. The van der Waals surface area contributed by atoms with Gasteiger partial charge in [0, 0.05) is 4.90 Å². The van der Waals surface area contributed by atoms with Gasteiger partial charge in [0.25, 0.3) is 0 Å². The van der Waals surface area contributed by atoms with Gasteiger partial charge in [0.15, 0.2) is 0 Å². The molecule has 0 amide bonds. The van der Waals surface area contributed by atoms with Crippen LogP contribution in [0.1, 0.15) is 17.5 Å². The zero-order valence-electron chi connectivity index (χ0n) is 12.0. The first-order valence-corrected chi connectivity index (χ1v) is 8.25. The number of hydrogen-bond acceptors (Lipinski definition) is 2. The minimum atomic E-state index is -1.01. The second-order valence-corrected chi connectivity index (χ2v) is 6.08.